The molecule has 0 aromatic heterocycles. The highest BCUT2D eigenvalue weighted by Crippen LogP contribution is 2.17. The second-order valence-corrected chi connectivity index (χ2v) is 6.85. The van der Waals surface area contributed by atoms with Crippen molar-refractivity contribution in [3.8, 4) is 0 Å². The number of anilines is 1. The molecule has 1 fully saturated rings. The predicted octanol–water partition coefficient (Wildman–Crippen LogP) is 2.79. The van der Waals surface area contributed by atoms with E-state index < -0.39 is 0 Å². The van der Waals surface area contributed by atoms with Crippen molar-refractivity contribution in [3.05, 3.63) is 65.7 Å². The second kappa shape index (κ2) is 8.04. The van der Waals surface area contributed by atoms with Crippen molar-refractivity contribution in [2.45, 2.75) is 18.9 Å². The molecule has 5 nitrogen and oxygen atoms in total. The van der Waals surface area contributed by atoms with Crippen LogP contribution in [0.25, 0.3) is 0 Å². The molecule has 0 saturated carbocycles. The van der Waals surface area contributed by atoms with E-state index in [1.165, 1.54) is 0 Å². The van der Waals surface area contributed by atoms with Gasteiger partial charge in [-0.15, -0.1) is 0 Å². The smallest absolute Gasteiger partial charge is 0.253 e. The van der Waals surface area contributed by atoms with Crippen molar-refractivity contribution < 1.29 is 9.59 Å². The van der Waals surface area contributed by atoms with Crippen LogP contribution in [-0.4, -0.2) is 49.9 Å². The molecule has 2 aromatic rings. The Kier molecular flexibility index (Phi) is 5.56. The summed E-state index contributed by atoms with van der Waals surface area (Å²) in [5, 5.41) is 3.07. The van der Waals surface area contributed by atoms with E-state index in [4.69, 9.17) is 0 Å². The summed E-state index contributed by atoms with van der Waals surface area (Å²) in [6.45, 7) is 1.32. The molecule has 0 atom stereocenters. The minimum Gasteiger partial charge on any atom is -0.378 e. The minimum atomic E-state index is -0.0466. The molecule has 1 saturated heterocycles. The molecule has 0 aliphatic carbocycles. The maximum absolute atomic E-state index is 12.7. The molecule has 0 bridgehead atoms. The second-order valence-electron chi connectivity index (χ2n) is 6.85. The summed E-state index contributed by atoms with van der Waals surface area (Å²) in [6.07, 6.45) is 1.56. The highest BCUT2D eigenvalue weighted by molar-refractivity contribution is 5.95. The van der Waals surface area contributed by atoms with Gasteiger partial charge in [-0.05, 0) is 49.2 Å². The highest BCUT2D eigenvalue weighted by atomic mass is 16.2. The van der Waals surface area contributed by atoms with Gasteiger partial charge in [-0.2, -0.15) is 0 Å². The number of likely N-dealkylation sites (tertiary alicyclic amines) is 1. The monoisotopic (exact) mass is 351 g/mol. The summed E-state index contributed by atoms with van der Waals surface area (Å²) in [5.74, 6) is 0.0118. The largest absolute Gasteiger partial charge is 0.378 e. The number of nitrogens with zero attached hydrogens (tertiary/aromatic N) is 2. The third kappa shape index (κ3) is 4.23. The zero-order chi connectivity index (χ0) is 18.5. The first-order chi connectivity index (χ1) is 12.5. The number of nitrogens with one attached hydrogen (secondary N) is 1. The third-order valence-electron chi connectivity index (χ3n) is 4.78. The van der Waals surface area contributed by atoms with Gasteiger partial charge in [0.25, 0.3) is 11.8 Å². The van der Waals surface area contributed by atoms with Crippen LogP contribution in [-0.2, 0) is 0 Å². The van der Waals surface area contributed by atoms with Gasteiger partial charge in [-0.3, -0.25) is 9.59 Å². The molecule has 1 N–H and O–H groups in total. The Morgan fingerprint density at radius 2 is 1.54 bits per heavy atom. The molecule has 1 heterocycles. The molecule has 136 valence electrons. The van der Waals surface area contributed by atoms with Crippen LogP contribution < -0.4 is 10.2 Å². The van der Waals surface area contributed by atoms with E-state index >= 15 is 0 Å². The van der Waals surface area contributed by atoms with Crippen molar-refractivity contribution in [2.75, 3.05) is 32.1 Å². The molecule has 2 aromatic carbocycles. The highest BCUT2D eigenvalue weighted by Gasteiger charge is 2.24. The number of hydrogen-bond donors (Lipinski definition) is 1. The van der Waals surface area contributed by atoms with E-state index in [-0.39, 0.29) is 17.9 Å². The summed E-state index contributed by atoms with van der Waals surface area (Å²) in [4.78, 5) is 28.8. The summed E-state index contributed by atoms with van der Waals surface area (Å²) in [7, 11) is 3.96. The molecule has 2 amide bonds. The fourth-order valence-corrected chi connectivity index (χ4v) is 3.17. The van der Waals surface area contributed by atoms with Crippen LogP contribution in [0.5, 0.6) is 0 Å². The van der Waals surface area contributed by atoms with Gasteiger partial charge >= 0.3 is 0 Å². The minimum absolute atomic E-state index is 0.0466. The maximum atomic E-state index is 12.7. The van der Waals surface area contributed by atoms with Gasteiger partial charge in [-0.25, -0.2) is 0 Å². The molecular formula is C21H25N3O2. The van der Waals surface area contributed by atoms with E-state index in [2.05, 4.69) is 5.32 Å². The SMILES string of the molecule is CN(C)c1ccc(C(=O)N2CCC(NC(=O)c3ccccc3)CC2)cc1. The fraction of sp³-hybridized carbons (Fsp3) is 0.333. The zero-order valence-corrected chi connectivity index (χ0v) is 15.3. The number of carbonyl (C=O) groups is 2. The Balaban J connectivity index is 1.53. The van der Waals surface area contributed by atoms with Gasteiger partial charge in [0, 0.05) is 50.0 Å². The Morgan fingerprint density at radius 1 is 0.923 bits per heavy atom. The fourth-order valence-electron chi connectivity index (χ4n) is 3.17. The van der Waals surface area contributed by atoms with E-state index in [1.807, 2.05) is 78.5 Å². The first-order valence-corrected chi connectivity index (χ1v) is 8.97. The van der Waals surface area contributed by atoms with E-state index in [9.17, 15) is 9.59 Å². The molecule has 5 heteroatoms. The van der Waals surface area contributed by atoms with Gasteiger partial charge in [0.2, 0.25) is 0 Å². The first-order valence-electron chi connectivity index (χ1n) is 8.97. The molecule has 0 radical (unpaired) electrons. The summed E-state index contributed by atoms with van der Waals surface area (Å²) < 4.78 is 0. The van der Waals surface area contributed by atoms with Crippen molar-refractivity contribution >= 4 is 17.5 Å². The van der Waals surface area contributed by atoms with Crippen LogP contribution in [0.2, 0.25) is 0 Å². The molecule has 0 unspecified atom stereocenters. The predicted molar refractivity (Wildman–Crippen MR) is 104 cm³/mol. The van der Waals surface area contributed by atoms with Crippen molar-refractivity contribution in [1.82, 2.24) is 10.2 Å². The Hall–Kier alpha value is -2.82. The summed E-state index contributed by atoms with van der Waals surface area (Å²) in [5.41, 5.74) is 2.46. The number of piperidine rings is 1. The van der Waals surface area contributed by atoms with Gasteiger partial charge in [0.1, 0.15) is 0 Å². The quantitative estimate of drug-likeness (QED) is 0.922. The lowest BCUT2D eigenvalue weighted by molar-refractivity contribution is 0.0698. The van der Waals surface area contributed by atoms with Crippen molar-refractivity contribution in [3.63, 3.8) is 0 Å². The van der Waals surface area contributed by atoms with E-state index in [1.54, 1.807) is 0 Å². The van der Waals surface area contributed by atoms with Crippen molar-refractivity contribution in [2.24, 2.45) is 0 Å². The number of carbonyl (C=O) groups excluding carboxylic acids is 2. The molecule has 0 spiro atoms. The average Bonchev–Trinajstić information content (AvgIpc) is 2.69. The summed E-state index contributed by atoms with van der Waals surface area (Å²) >= 11 is 0. The van der Waals surface area contributed by atoms with Crippen LogP contribution in [0, 0.1) is 0 Å². The van der Waals surface area contributed by atoms with Crippen LogP contribution in [0.3, 0.4) is 0 Å². The molecule has 1 aliphatic heterocycles. The van der Waals surface area contributed by atoms with Crippen molar-refractivity contribution in [1.29, 1.82) is 0 Å². The lowest BCUT2D eigenvalue weighted by Crippen LogP contribution is -2.46. The number of amides is 2. The zero-order valence-electron chi connectivity index (χ0n) is 15.3. The molecule has 1 aliphatic rings. The van der Waals surface area contributed by atoms with Crippen LogP contribution >= 0.6 is 0 Å². The Morgan fingerprint density at radius 3 is 2.12 bits per heavy atom. The lowest BCUT2D eigenvalue weighted by atomic mass is 10.0. The topological polar surface area (TPSA) is 52.7 Å². The van der Waals surface area contributed by atoms with E-state index in [0.717, 1.165) is 18.5 Å². The van der Waals surface area contributed by atoms with Crippen LogP contribution in [0.1, 0.15) is 33.6 Å². The maximum Gasteiger partial charge on any atom is 0.253 e. The lowest BCUT2D eigenvalue weighted by Gasteiger charge is -2.32. The normalized spacial score (nSPS) is 14.8. The van der Waals surface area contributed by atoms with Gasteiger partial charge in [-0.1, -0.05) is 18.2 Å². The molecule has 26 heavy (non-hydrogen) atoms. The standard InChI is InChI=1S/C21H25N3O2/c1-23(2)19-10-8-17(9-11-19)21(26)24-14-12-18(13-15-24)22-20(25)16-6-4-3-5-7-16/h3-11,18H,12-15H2,1-2H3,(H,22,25). The Bertz CT molecular complexity index is 749. The number of benzene rings is 2. The molecular weight excluding hydrogens is 326 g/mol. The van der Waals surface area contributed by atoms with Gasteiger partial charge in [0.15, 0.2) is 0 Å². The van der Waals surface area contributed by atoms with Crippen LogP contribution in [0.15, 0.2) is 54.6 Å². The van der Waals surface area contributed by atoms with Gasteiger partial charge < -0.3 is 15.1 Å². The van der Waals surface area contributed by atoms with E-state index in [0.29, 0.717) is 24.2 Å². The third-order valence-corrected chi connectivity index (χ3v) is 4.78. The first kappa shape index (κ1) is 18.0. The van der Waals surface area contributed by atoms with Crippen LogP contribution in [0.4, 0.5) is 5.69 Å². The number of hydrogen-bond acceptors (Lipinski definition) is 3. The number of rotatable bonds is 4. The summed E-state index contributed by atoms with van der Waals surface area (Å²) in [6, 6.07) is 17.0. The Labute approximate surface area is 154 Å². The van der Waals surface area contributed by atoms with Gasteiger partial charge in [0.05, 0.1) is 0 Å². The molecule has 3 rings (SSSR count). The average molecular weight is 351 g/mol.